The minimum atomic E-state index is 0.485. The smallest absolute Gasteiger partial charge is 0.228 e. The first-order valence-corrected chi connectivity index (χ1v) is 9.42. The van der Waals surface area contributed by atoms with E-state index in [1.807, 2.05) is 29.6 Å². The number of nitrogens with zero attached hydrogens (tertiary/aromatic N) is 8. The van der Waals surface area contributed by atoms with Crippen LogP contribution in [0.2, 0.25) is 0 Å². The zero-order chi connectivity index (χ0) is 19.5. The lowest BCUT2D eigenvalue weighted by Crippen LogP contribution is -2.03. The van der Waals surface area contributed by atoms with Crippen molar-refractivity contribution in [3.05, 3.63) is 42.7 Å². The Bertz CT molecular complexity index is 1080. The molecule has 4 aromatic rings. The molecule has 0 saturated heterocycles. The Labute approximate surface area is 162 Å². The van der Waals surface area contributed by atoms with Crippen LogP contribution in [0.1, 0.15) is 32.5 Å². The van der Waals surface area contributed by atoms with Crippen molar-refractivity contribution < 1.29 is 0 Å². The number of nitrogens with one attached hydrogen (secondary N) is 1. The van der Waals surface area contributed by atoms with Crippen molar-refractivity contribution in [2.45, 2.75) is 33.1 Å². The highest BCUT2D eigenvalue weighted by Gasteiger charge is 2.11. The van der Waals surface area contributed by atoms with Gasteiger partial charge in [-0.1, -0.05) is 20.3 Å². The molecule has 1 N–H and O–H groups in total. The van der Waals surface area contributed by atoms with Gasteiger partial charge in [-0.2, -0.15) is 5.10 Å². The Kier molecular flexibility index (Phi) is 4.96. The third-order valence-corrected chi connectivity index (χ3v) is 4.91. The number of hydrogen-bond donors (Lipinski definition) is 1. The van der Waals surface area contributed by atoms with Gasteiger partial charge in [-0.3, -0.25) is 9.08 Å². The molecule has 1 atom stereocenters. The molecular weight excluding hydrogens is 354 g/mol. The molecule has 0 amide bonds. The second kappa shape index (κ2) is 7.71. The van der Waals surface area contributed by atoms with Crippen molar-refractivity contribution in [2.75, 3.05) is 5.32 Å². The largest absolute Gasteiger partial charge is 0.309 e. The van der Waals surface area contributed by atoms with Gasteiger partial charge < -0.3 is 5.32 Å². The van der Waals surface area contributed by atoms with Crippen LogP contribution in [0.15, 0.2) is 36.9 Å². The summed E-state index contributed by atoms with van der Waals surface area (Å²) in [4.78, 5) is 13.4. The minimum Gasteiger partial charge on any atom is -0.309 e. The third-order valence-electron chi connectivity index (χ3n) is 4.91. The van der Waals surface area contributed by atoms with Gasteiger partial charge in [-0.15, -0.1) is 10.2 Å². The molecule has 0 aromatic carbocycles. The molecule has 9 nitrogen and oxygen atoms in total. The van der Waals surface area contributed by atoms with Crippen LogP contribution in [-0.2, 0) is 13.5 Å². The minimum absolute atomic E-state index is 0.485. The van der Waals surface area contributed by atoms with E-state index in [4.69, 9.17) is 0 Å². The molecule has 0 aliphatic rings. The van der Waals surface area contributed by atoms with Crippen LogP contribution in [0.25, 0.3) is 17.0 Å². The summed E-state index contributed by atoms with van der Waals surface area (Å²) in [6, 6.07) is 5.58. The Morgan fingerprint density at radius 2 is 2.00 bits per heavy atom. The molecule has 0 fully saturated rings. The van der Waals surface area contributed by atoms with Crippen LogP contribution in [-0.4, -0.2) is 39.3 Å². The molecular formula is C19H23N9. The summed E-state index contributed by atoms with van der Waals surface area (Å²) in [6.07, 6.45) is 8.34. The van der Waals surface area contributed by atoms with E-state index in [2.05, 4.69) is 49.4 Å². The summed E-state index contributed by atoms with van der Waals surface area (Å²) in [6.45, 7) is 4.46. The molecule has 4 aromatic heterocycles. The molecule has 0 aliphatic heterocycles. The van der Waals surface area contributed by atoms with Crippen molar-refractivity contribution in [3.8, 4) is 11.4 Å². The zero-order valence-electron chi connectivity index (χ0n) is 16.2. The quantitative estimate of drug-likeness (QED) is 0.528. The van der Waals surface area contributed by atoms with E-state index in [1.165, 1.54) is 6.42 Å². The van der Waals surface area contributed by atoms with Crippen LogP contribution >= 0.6 is 0 Å². The van der Waals surface area contributed by atoms with Crippen molar-refractivity contribution >= 4 is 17.4 Å². The standard InChI is InChI=1S/C19H23N9/c1-4-13(2)5-6-17-25-26-18-11-15(21-12-28(17)18)14-7-9-20-19(23-14)24-16-8-10-22-27(16)3/h7-13H,4-6H2,1-3H3,(H,20,23,24). The van der Waals surface area contributed by atoms with Crippen LogP contribution in [0.4, 0.5) is 11.8 Å². The average Bonchev–Trinajstić information content (AvgIpc) is 3.32. The monoisotopic (exact) mass is 377 g/mol. The van der Waals surface area contributed by atoms with Gasteiger partial charge in [-0.05, 0) is 18.4 Å². The van der Waals surface area contributed by atoms with E-state index in [1.54, 1.807) is 23.4 Å². The van der Waals surface area contributed by atoms with Crippen LogP contribution in [0.3, 0.4) is 0 Å². The fourth-order valence-electron chi connectivity index (χ4n) is 2.90. The molecule has 0 saturated carbocycles. The number of aromatic nitrogens is 8. The summed E-state index contributed by atoms with van der Waals surface area (Å²) in [5.74, 6) is 2.91. The van der Waals surface area contributed by atoms with Crippen molar-refractivity contribution in [1.29, 1.82) is 0 Å². The molecule has 0 spiro atoms. The summed E-state index contributed by atoms with van der Waals surface area (Å²) in [7, 11) is 1.85. The van der Waals surface area contributed by atoms with Gasteiger partial charge in [0.25, 0.3) is 0 Å². The molecule has 0 aliphatic carbocycles. The van der Waals surface area contributed by atoms with E-state index < -0.39 is 0 Å². The summed E-state index contributed by atoms with van der Waals surface area (Å²) in [5.41, 5.74) is 2.21. The third kappa shape index (κ3) is 3.68. The predicted octanol–water partition coefficient (Wildman–Crippen LogP) is 3.04. The highest BCUT2D eigenvalue weighted by Crippen LogP contribution is 2.19. The van der Waals surface area contributed by atoms with Gasteiger partial charge in [0.2, 0.25) is 5.95 Å². The second-order valence-electron chi connectivity index (χ2n) is 6.90. The SMILES string of the molecule is CCC(C)CCc1nnc2cc(-c3ccnc(Nc4ccnn4C)n3)ncn12. The lowest BCUT2D eigenvalue weighted by atomic mass is 10.0. The van der Waals surface area contributed by atoms with Crippen LogP contribution in [0.5, 0.6) is 0 Å². The van der Waals surface area contributed by atoms with E-state index in [0.717, 1.165) is 35.8 Å². The molecule has 28 heavy (non-hydrogen) atoms. The maximum atomic E-state index is 4.56. The number of fused-ring (bicyclic) bond motifs is 1. The maximum absolute atomic E-state index is 4.56. The normalized spacial score (nSPS) is 12.4. The van der Waals surface area contributed by atoms with Crippen molar-refractivity contribution in [2.24, 2.45) is 13.0 Å². The topological polar surface area (TPSA) is 98.7 Å². The highest BCUT2D eigenvalue weighted by atomic mass is 15.3. The first kappa shape index (κ1) is 18.0. The Morgan fingerprint density at radius 1 is 1.11 bits per heavy atom. The molecule has 4 heterocycles. The highest BCUT2D eigenvalue weighted by molar-refractivity contribution is 5.61. The summed E-state index contributed by atoms with van der Waals surface area (Å²) < 4.78 is 3.67. The Morgan fingerprint density at radius 3 is 2.79 bits per heavy atom. The first-order valence-electron chi connectivity index (χ1n) is 9.42. The van der Waals surface area contributed by atoms with Gasteiger partial charge in [0, 0.05) is 31.8 Å². The number of rotatable bonds is 7. The van der Waals surface area contributed by atoms with Gasteiger partial charge in [0.15, 0.2) is 5.65 Å². The molecule has 0 bridgehead atoms. The zero-order valence-corrected chi connectivity index (χ0v) is 16.2. The van der Waals surface area contributed by atoms with Gasteiger partial charge >= 0.3 is 0 Å². The number of anilines is 2. The van der Waals surface area contributed by atoms with Crippen molar-refractivity contribution in [1.82, 2.24) is 39.3 Å². The maximum Gasteiger partial charge on any atom is 0.228 e. The Balaban J connectivity index is 1.57. The lowest BCUT2D eigenvalue weighted by Gasteiger charge is -2.07. The van der Waals surface area contributed by atoms with E-state index in [0.29, 0.717) is 17.6 Å². The average molecular weight is 377 g/mol. The first-order chi connectivity index (χ1) is 13.6. The molecule has 144 valence electrons. The second-order valence-corrected chi connectivity index (χ2v) is 6.90. The van der Waals surface area contributed by atoms with Gasteiger partial charge in [-0.25, -0.2) is 15.0 Å². The van der Waals surface area contributed by atoms with E-state index >= 15 is 0 Å². The Hall–Kier alpha value is -3.36. The van der Waals surface area contributed by atoms with Crippen LogP contribution in [0, 0.1) is 5.92 Å². The van der Waals surface area contributed by atoms with Gasteiger partial charge in [0.05, 0.1) is 17.6 Å². The molecule has 0 radical (unpaired) electrons. The summed E-state index contributed by atoms with van der Waals surface area (Å²) in [5, 5.41) is 15.9. The number of aryl methyl sites for hydroxylation is 2. The fourth-order valence-corrected chi connectivity index (χ4v) is 2.90. The predicted molar refractivity (Wildman–Crippen MR) is 106 cm³/mol. The summed E-state index contributed by atoms with van der Waals surface area (Å²) >= 11 is 0. The molecule has 9 heteroatoms. The van der Waals surface area contributed by atoms with E-state index in [-0.39, 0.29) is 0 Å². The van der Waals surface area contributed by atoms with Crippen molar-refractivity contribution in [3.63, 3.8) is 0 Å². The fraction of sp³-hybridized carbons (Fsp3) is 0.368. The lowest BCUT2D eigenvalue weighted by molar-refractivity contribution is 0.508. The van der Waals surface area contributed by atoms with E-state index in [9.17, 15) is 0 Å². The van der Waals surface area contributed by atoms with Crippen LogP contribution < -0.4 is 5.32 Å². The molecule has 1 unspecified atom stereocenters. The molecule has 4 rings (SSSR count). The number of hydrogen-bond acceptors (Lipinski definition) is 7. The van der Waals surface area contributed by atoms with Gasteiger partial charge in [0.1, 0.15) is 18.0 Å².